The number of allylic oxidation sites excluding steroid dienone is 4. The minimum absolute atomic E-state index is 0.0917. The lowest BCUT2D eigenvalue weighted by Crippen LogP contribution is -2.19. The third-order valence-corrected chi connectivity index (χ3v) is 8.40. The van der Waals surface area contributed by atoms with E-state index in [0.29, 0.717) is 12.8 Å². The van der Waals surface area contributed by atoms with Gasteiger partial charge in [-0.15, -0.1) is 0 Å². The van der Waals surface area contributed by atoms with Crippen LogP contribution >= 0.6 is 0 Å². The number of benzene rings is 1. The molecule has 0 aliphatic rings. The number of esters is 2. The lowest BCUT2D eigenvalue weighted by Gasteiger charge is -2.13. The third-order valence-electron chi connectivity index (χ3n) is 7.51. The lowest BCUT2D eigenvalue weighted by atomic mass is 10.1. The van der Waals surface area contributed by atoms with Crippen molar-refractivity contribution in [3.05, 3.63) is 53.6 Å². The Bertz CT molecular complexity index is 1080. The first-order valence-corrected chi connectivity index (χ1v) is 18.5. The van der Waals surface area contributed by atoms with Crippen LogP contribution in [0.15, 0.2) is 47.4 Å². The van der Waals surface area contributed by atoms with Crippen LogP contribution in [-0.2, 0) is 19.6 Å². The molecule has 7 nitrogen and oxygen atoms in total. The molecular weight excluding hydrogens is 576 g/mol. The van der Waals surface area contributed by atoms with Crippen molar-refractivity contribution in [3.8, 4) is 0 Å². The minimum Gasteiger partial charge on any atom is -0.462 e. The van der Waals surface area contributed by atoms with Crippen molar-refractivity contribution in [1.29, 1.82) is 0 Å². The zero-order valence-electron chi connectivity index (χ0n) is 27.4. The number of carbonyl (C=O) groups is 2. The molecule has 0 unspecified atom stereocenters. The summed E-state index contributed by atoms with van der Waals surface area (Å²) in [6.45, 7) is 4.67. The third kappa shape index (κ3) is 19.0. The van der Waals surface area contributed by atoms with Crippen LogP contribution in [0.3, 0.4) is 0 Å². The average molecular weight is 635 g/mol. The summed E-state index contributed by atoms with van der Waals surface area (Å²) in [7, 11) is -4.76. The molecule has 0 aliphatic heterocycles. The number of hydrogen-bond acceptors (Lipinski definition) is 6. The Kier molecular flexibility index (Phi) is 23.2. The summed E-state index contributed by atoms with van der Waals surface area (Å²) >= 11 is 0. The van der Waals surface area contributed by atoms with E-state index in [-0.39, 0.29) is 18.8 Å². The number of unbranched alkanes of at least 4 members (excludes halogenated alkanes) is 16. The summed E-state index contributed by atoms with van der Waals surface area (Å²) in [4.78, 5) is 25.1. The Morgan fingerprint density at radius 3 is 1.45 bits per heavy atom. The van der Waals surface area contributed by atoms with Gasteiger partial charge in [0, 0.05) is 0 Å². The molecule has 1 N–H and O–H groups in total. The van der Waals surface area contributed by atoms with E-state index in [1.807, 2.05) is 0 Å². The molecule has 0 aromatic heterocycles. The number of rotatable bonds is 27. The minimum atomic E-state index is -4.76. The zero-order valence-corrected chi connectivity index (χ0v) is 28.2. The highest BCUT2D eigenvalue weighted by molar-refractivity contribution is 7.86. The summed E-state index contributed by atoms with van der Waals surface area (Å²) in [6.07, 6.45) is 30.7. The molecule has 0 bridgehead atoms. The van der Waals surface area contributed by atoms with Crippen LogP contribution in [0.4, 0.5) is 0 Å². The van der Waals surface area contributed by atoms with E-state index in [2.05, 4.69) is 38.2 Å². The second-order valence-corrected chi connectivity index (χ2v) is 12.9. The maximum absolute atomic E-state index is 12.9. The molecule has 250 valence electrons. The van der Waals surface area contributed by atoms with Crippen LogP contribution < -0.4 is 0 Å². The van der Waals surface area contributed by atoms with Gasteiger partial charge in [0.1, 0.15) is 4.90 Å². The van der Waals surface area contributed by atoms with Crippen LogP contribution in [0, 0.1) is 0 Å². The summed E-state index contributed by atoms with van der Waals surface area (Å²) in [5, 5.41) is 0. The van der Waals surface area contributed by atoms with E-state index in [1.54, 1.807) is 0 Å². The van der Waals surface area contributed by atoms with E-state index >= 15 is 0 Å². The molecule has 44 heavy (non-hydrogen) atoms. The molecule has 0 aliphatic carbocycles. The van der Waals surface area contributed by atoms with E-state index in [4.69, 9.17) is 9.47 Å². The fourth-order valence-electron chi connectivity index (χ4n) is 4.89. The summed E-state index contributed by atoms with van der Waals surface area (Å²) in [6, 6.07) is 3.70. The maximum atomic E-state index is 12.9. The Morgan fingerprint density at radius 2 is 1.02 bits per heavy atom. The van der Waals surface area contributed by atoms with Crippen molar-refractivity contribution in [2.45, 2.75) is 147 Å². The molecule has 0 saturated heterocycles. The highest BCUT2D eigenvalue weighted by Gasteiger charge is 2.28. The molecule has 0 heterocycles. The molecule has 0 fully saturated rings. The predicted molar refractivity (Wildman–Crippen MR) is 179 cm³/mol. The van der Waals surface area contributed by atoms with Gasteiger partial charge in [0.15, 0.2) is 0 Å². The van der Waals surface area contributed by atoms with Crippen LogP contribution in [0.1, 0.15) is 163 Å². The normalized spacial score (nSPS) is 11.9. The van der Waals surface area contributed by atoms with Gasteiger partial charge in [-0.2, -0.15) is 8.42 Å². The smallest absolute Gasteiger partial charge is 0.340 e. The number of carbonyl (C=O) groups excluding carboxylic acids is 2. The van der Waals surface area contributed by atoms with Gasteiger partial charge in [-0.25, -0.2) is 9.59 Å². The van der Waals surface area contributed by atoms with Crippen molar-refractivity contribution in [1.82, 2.24) is 0 Å². The average Bonchev–Trinajstić information content (AvgIpc) is 3.00. The van der Waals surface area contributed by atoms with Crippen molar-refractivity contribution in [3.63, 3.8) is 0 Å². The Hall–Kier alpha value is -2.45. The molecular formula is C36H58O7S. The summed E-state index contributed by atoms with van der Waals surface area (Å²) in [5.74, 6) is -1.78. The van der Waals surface area contributed by atoms with Gasteiger partial charge in [-0.1, -0.05) is 108 Å². The first kappa shape index (κ1) is 39.6. The van der Waals surface area contributed by atoms with Crippen LogP contribution in [0.25, 0.3) is 0 Å². The van der Waals surface area contributed by atoms with E-state index in [0.717, 1.165) is 70.3 Å². The number of hydrogen-bond donors (Lipinski definition) is 1. The van der Waals surface area contributed by atoms with E-state index in [1.165, 1.54) is 63.5 Å². The Balaban J connectivity index is 2.44. The van der Waals surface area contributed by atoms with Gasteiger partial charge < -0.3 is 9.47 Å². The zero-order chi connectivity index (χ0) is 32.3. The molecule has 0 saturated carbocycles. The maximum Gasteiger partial charge on any atom is 0.340 e. The highest BCUT2D eigenvalue weighted by atomic mass is 32.2. The molecule has 1 aromatic rings. The predicted octanol–water partition coefficient (Wildman–Crippen LogP) is 10.2. The molecule has 0 spiro atoms. The second-order valence-electron chi connectivity index (χ2n) is 11.5. The molecule has 1 aromatic carbocycles. The van der Waals surface area contributed by atoms with Gasteiger partial charge >= 0.3 is 11.9 Å². The monoisotopic (exact) mass is 634 g/mol. The van der Waals surface area contributed by atoms with Crippen molar-refractivity contribution < 1.29 is 32.0 Å². The molecule has 8 heteroatoms. The van der Waals surface area contributed by atoms with Gasteiger partial charge in [-0.3, -0.25) is 4.55 Å². The standard InChI is InChI=1S/C36H58O7S/c1-3-5-7-9-11-13-15-17-19-21-23-25-30-42-35(37)32-28-27-29-33(44(39,40)41)34(32)36(38)43-31-26-24-22-20-18-16-14-12-10-8-6-4-2/h13-16,27-29H,3-12,17-26,30-31H2,1-2H3,(H,39,40,41)/b15-13+,16-14+. The lowest BCUT2D eigenvalue weighted by molar-refractivity contribution is 0.0446. The summed E-state index contributed by atoms with van der Waals surface area (Å²) < 4.78 is 44.4. The summed E-state index contributed by atoms with van der Waals surface area (Å²) in [5.41, 5.74) is -0.707. The highest BCUT2D eigenvalue weighted by Crippen LogP contribution is 2.22. The quantitative estimate of drug-likeness (QED) is 0.0444. The van der Waals surface area contributed by atoms with Gasteiger partial charge in [0.2, 0.25) is 0 Å². The molecule has 0 atom stereocenters. The van der Waals surface area contributed by atoms with Crippen molar-refractivity contribution >= 4 is 22.1 Å². The van der Waals surface area contributed by atoms with E-state index in [9.17, 15) is 22.6 Å². The van der Waals surface area contributed by atoms with Crippen LogP contribution in [0.5, 0.6) is 0 Å². The first-order chi connectivity index (χ1) is 21.3. The first-order valence-electron chi connectivity index (χ1n) is 17.1. The van der Waals surface area contributed by atoms with Crippen molar-refractivity contribution in [2.75, 3.05) is 13.2 Å². The second kappa shape index (κ2) is 25.8. The fourth-order valence-corrected chi connectivity index (χ4v) is 5.59. The van der Waals surface area contributed by atoms with Gasteiger partial charge in [0.25, 0.3) is 10.1 Å². The molecule has 0 amide bonds. The van der Waals surface area contributed by atoms with Crippen LogP contribution in [0.2, 0.25) is 0 Å². The number of ether oxygens (including phenoxy) is 2. The van der Waals surface area contributed by atoms with Gasteiger partial charge in [-0.05, 0) is 76.3 Å². The Labute approximate surface area is 267 Å². The molecule has 1 rings (SSSR count). The SMILES string of the molecule is CCCCCC/C=C/CCCCCCOC(=O)c1cccc(S(=O)(=O)O)c1C(=O)OCCCCCC/C=C/CCCCCC. The van der Waals surface area contributed by atoms with E-state index < -0.39 is 32.5 Å². The topological polar surface area (TPSA) is 107 Å². The Morgan fingerprint density at radius 1 is 0.614 bits per heavy atom. The largest absolute Gasteiger partial charge is 0.462 e. The van der Waals surface area contributed by atoms with Gasteiger partial charge in [0.05, 0.1) is 24.3 Å². The molecule has 0 radical (unpaired) electrons. The van der Waals surface area contributed by atoms with Crippen LogP contribution in [-0.4, -0.2) is 38.1 Å². The van der Waals surface area contributed by atoms with Crippen molar-refractivity contribution in [2.24, 2.45) is 0 Å². The fraction of sp³-hybridized carbons (Fsp3) is 0.667.